The Morgan fingerprint density at radius 3 is 2.43 bits per heavy atom. The number of carbonyl (C=O) groups is 2. The molecule has 0 radical (unpaired) electrons. The number of fused-ring (bicyclic) bond motifs is 2. The summed E-state index contributed by atoms with van der Waals surface area (Å²) in [6.45, 7) is 5.44. The average molecular weight is 378 g/mol. The van der Waals surface area contributed by atoms with Crippen LogP contribution in [-0.4, -0.2) is 28.1 Å². The summed E-state index contributed by atoms with van der Waals surface area (Å²) < 4.78 is 6.11. The van der Waals surface area contributed by atoms with Crippen LogP contribution in [0.2, 0.25) is 0 Å². The summed E-state index contributed by atoms with van der Waals surface area (Å²) in [7, 11) is 0. The van der Waals surface area contributed by atoms with Crippen molar-refractivity contribution in [1.29, 1.82) is 0 Å². The molecule has 0 aromatic heterocycles. The summed E-state index contributed by atoms with van der Waals surface area (Å²) in [6.07, 6.45) is 0. The van der Waals surface area contributed by atoms with E-state index in [2.05, 4.69) is 5.32 Å². The van der Waals surface area contributed by atoms with Gasteiger partial charge in [-0.2, -0.15) is 0 Å². The van der Waals surface area contributed by atoms with Gasteiger partial charge in [-0.3, -0.25) is 19.7 Å². The molecule has 2 aromatic carbocycles. The quantitative estimate of drug-likeness (QED) is 0.497. The van der Waals surface area contributed by atoms with Gasteiger partial charge in [-0.05, 0) is 26.3 Å². The van der Waals surface area contributed by atoms with Crippen LogP contribution in [0, 0.1) is 17.0 Å². The highest BCUT2D eigenvalue weighted by molar-refractivity contribution is 6.52. The minimum absolute atomic E-state index is 0.0598. The van der Waals surface area contributed by atoms with E-state index in [9.17, 15) is 19.7 Å². The zero-order valence-electron chi connectivity index (χ0n) is 15.6. The smallest absolute Gasteiger partial charge is 0.271 e. The van der Waals surface area contributed by atoms with Gasteiger partial charge in [-0.15, -0.1) is 0 Å². The number of nitrogens with zero attached hydrogens (tertiary/aromatic N) is 1. The van der Waals surface area contributed by atoms with E-state index in [1.54, 1.807) is 30.3 Å². The maximum Gasteiger partial charge on any atom is 0.271 e. The molecule has 7 nitrogen and oxygen atoms in total. The first kappa shape index (κ1) is 17.9. The lowest BCUT2D eigenvalue weighted by Gasteiger charge is -2.29. The molecule has 1 N–H and O–H groups in total. The minimum atomic E-state index is -0.838. The second-order valence-electron chi connectivity index (χ2n) is 7.49. The number of rotatable bonds is 3. The van der Waals surface area contributed by atoms with E-state index < -0.39 is 28.1 Å². The van der Waals surface area contributed by atoms with E-state index >= 15 is 0 Å². The zero-order valence-corrected chi connectivity index (χ0v) is 15.6. The van der Waals surface area contributed by atoms with Crippen LogP contribution in [0.3, 0.4) is 0 Å². The van der Waals surface area contributed by atoms with Crippen molar-refractivity contribution in [3.05, 3.63) is 74.8 Å². The van der Waals surface area contributed by atoms with Crippen molar-refractivity contribution in [2.24, 2.45) is 0 Å². The minimum Gasteiger partial charge on any atom is -0.484 e. The number of hydrogen-bond acceptors (Lipinski definition) is 6. The van der Waals surface area contributed by atoms with Crippen LogP contribution in [0.5, 0.6) is 0 Å². The molecule has 2 aliphatic rings. The third-order valence-electron chi connectivity index (χ3n) is 5.19. The third kappa shape index (κ3) is 2.58. The number of benzene rings is 2. The normalized spacial score (nSPS) is 19.8. The van der Waals surface area contributed by atoms with Crippen molar-refractivity contribution in [2.45, 2.75) is 32.4 Å². The highest BCUT2D eigenvalue weighted by atomic mass is 16.6. The molecule has 1 atom stereocenters. The van der Waals surface area contributed by atoms with Crippen molar-refractivity contribution >= 4 is 28.7 Å². The number of nitro groups is 1. The Hall–Kier alpha value is -3.48. The highest BCUT2D eigenvalue weighted by Gasteiger charge is 2.50. The first-order valence-corrected chi connectivity index (χ1v) is 8.84. The monoisotopic (exact) mass is 378 g/mol. The molecule has 1 unspecified atom stereocenters. The number of ketones is 2. The van der Waals surface area contributed by atoms with Gasteiger partial charge in [0.25, 0.3) is 5.69 Å². The number of anilines is 1. The first-order chi connectivity index (χ1) is 13.2. The van der Waals surface area contributed by atoms with E-state index in [1.807, 2.05) is 20.8 Å². The van der Waals surface area contributed by atoms with Crippen LogP contribution in [0.15, 0.2) is 48.0 Å². The van der Waals surface area contributed by atoms with Gasteiger partial charge in [0.2, 0.25) is 11.6 Å². The second-order valence-corrected chi connectivity index (χ2v) is 7.49. The number of ether oxygens (including phenoxy) is 1. The fraction of sp³-hybridized carbons (Fsp3) is 0.238. The molecule has 7 heteroatoms. The molecule has 0 saturated heterocycles. The largest absolute Gasteiger partial charge is 0.484 e. The maximum atomic E-state index is 12.9. The molecule has 142 valence electrons. The number of aryl methyl sites for hydroxylation is 1. The van der Waals surface area contributed by atoms with Gasteiger partial charge < -0.3 is 10.1 Å². The topological polar surface area (TPSA) is 98.5 Å². The van der Waals surface area contributed by atoms with E-state index in [0.29, 0.717) is 22.6 Å². The Bertz CT molecular complexity index is 1080. The summed E-state index contributed by atoms with van der Waals surface area (Å²) in [5.74, 6) is -0.788. The Morgan fingerprint density at radius 1 is 1.07 bits per heavy atom. The molecule has 0 amide bonds. The lowest BCUT2D eigenvalue weighted by molar-refractivity contribution is -0.384. The standard InChI is InChI=1S/C21H18N2O5/c1-11-8-9-12(23(26)27)10-15(11)22-20-16-18(25)17(24)13-6-4-5-7-14(13)19(16)28-21(20,2)3/h4-10,20,22H,1-3H3. The van der Waals surface area contributed by atoms with Crippen LogP contribution in [0.1, 0.15) is 35.3 Å². The Labute approximate surface area is 161 Å². The van der Waals surface area contributed by atoms with Gasteiger partial charge >= 0.3 is 0 Å². The molecule has 4 rings (SSSR count). The van der Waals surface area contributed by atoms with Gasteiger partial charge in [0.05, 0.1) is 16.5 Å². The molecule has 0 bridgehead atoms. The number of nitrogens with one attached hydrogen (secondary N) is 1. The molecule has 2 aromatic rings. The Kier molecular flexibility index (Phi) is 3.85. The van der Waals surface area contributed by atoms with Gasteiger partial charge in [-0.1, -0.05) is 30.3 Å². The summed E-state index contributed by atoms with van der Waals surface area (Å²) >= 11 is 0. The fourth-order valence-electron chi connectivity index (χ4n) is 3.69. The molecule has 0 fully saturated rings. The van der Waals surface area contributed by atoms with Crippen LogP contribution in [-0.2, 0) is 9.53 Å². The molecule has 1 heterocycles. The lowest BCUT2D eigenvalue weighted by Crippen LogP contribution is -2.43. The number of carbonyl (C=O) groups excluding carboxylic acids is 2. The van der Waals surface area contributed by atoms with Gasteiger partial charge in [0, 0.05) is 28.9 Å². The number of hydrogen-bond donors (Lipinski definition) is 1. The predicted octanol–water partition coefficient (Wildman–Crippen LogP) is 3.67. The highest BCUT2D eigenvalue weighted by Crippen LogP contribution is 2.45. The summed E-state index contributed by atoms with van der Waals surface area (Å²) in [5.41, 5.74) is 1.59. The molecular formula is C21H18N2O5. The SMILES string of the molecule is Cc1ccc([N+](=O)[O-])cc1NC1C2=C(OC1(C)C)c1ccccc1C(=O)C2=O. The summed E-state index contributed by atoms with van der Waals surface area (Å²) in [5, 5.41) is 14.3. The number of nitro benzene ring substituents is 1. The predicted molar refractivity (Wildman–Crippen MR) is 103 cm³/mol. The Morgan fingerprint density at radius 2 is 1.75 bits per heavy atom. The van der Waals surface area contributed by atoms with Crippen molar-refractivity contribution < 1.29 is 19.2 Å². The Balaban J connectivity index is 1.83. The van der Waals surface area contributed by atoms with Gasteiger partial charge in [0.1, 0.15) is 11.4 Å². The van der Waals surface area contributed by atoms with Crippen LogP contribution >= 0.6 is 0 Å². The van der Waals surface area contributed by atoms with Crippen LogP contribution in [0.4, 0.5) is 11.4 Å². The molecule has 0 saturated carbocycles. The van der Waals surface area contributed by atoms with E-state index in [1.165, 1.54) is 12.1 Å². The van der Waals surface area contributed by atoms with Crippen molar-refractivity contribution in [3.63, 3.8) is 0 Å². The summed E-state index contributed by atoms with van der Waals surface area (Å²) in [4.78, 5) is 36.2. The third-order valence-corrected chi connectivity index (χ3v) is 5.19. The summed E-state index contributed by atoms with van der Waals surface area (Å²) in [6, 6.07) is 10.7. The second kappa shape index (κ2) is 6.02. The van der Waals surface area contributed by atoms with Crippen molar-refractivity contribution in [2.75, 3.05) is 5.32 Å². The lowest BCUT2D eigenvalue weighted by atomic mass is 9.83. The van der Waals surface area contributed by atoms with Crippen LogP contribution in [0.25, 0.3) is 5.76 Å². The number of non-ortho nitro benzene ring substituents is 1. The van der Waals surface area contributed by atoms with Crippen molar-refractivity contribution in [3.8, 4) is 0 Å². The maximum absolute atomic E-state index is 12.9. The van der Waals surface area contributed by atoms with Gasteiger partial charge in [-0.25, -0.2) is 0 Å². The number of Topliss-reactive ketones (excluding diaryl/α,β-unsaturated/α-hetero) is 2. The fourth-order valence-corrected chi connectivity index (χ4v) is 3.69. The van der Waals surface area contributed by atoms with Crippen LogP contribution < -0.4 is 5.32 Å². The van der Waals surface area contributed by atoms with Gasteiger partial charge in [0.15, 0.2) is 0 Å². The molecular weight excluding hydrogens is 360 g/mol. The van der Waals surface area contributed by atoms with E-state index in [-0.39, 0.29) is 11.3 Å². The zero-order chi connectivity index (χ0) is 20.2. The van der Waals surface area contributed by atoms with E-state index in [4.69, 9.17) is 4.74 Å². The molecule has 0 spiro atoms. The molecule has 1 aliphatic heterocycles. The average Bonchev–Trinajstić information content (AvgIpc) is 2.92. The van der Waals surface area contributed by atoms with Crippen molar-refractivity contribution in [1.82, 2.24) is 0 Å². The van der Waals surface area contributed by atoms with E-state index in [0.717, 1.165) is 5.56 Å². The molecule has 28 heavy (non-hydrogen) atoms. The molecule has 1 aliphatic carbocycles. The first-order valence-electron chi connectivity index (χ1n) is 8.84.